The number of thioether (sulfide) groups is 2. The van der Waals surface area contributed by atoms with Gasteiger partial charge in [0.25, 0.3) is 5.56 Å². The smallest absolute Gasteiger partial charge is 0.444 e. The third kappa shape index (κ3) is 10.4. The fourth-order valence-electron chi connectivity index (χ4n) is 4.16. The summed E-state index contributed by atoms with van der Waals surface area (Å²) in [5, 5.41) is 0.590. The lowest BCUT2D eigenvalue weighted by molar-refractivity contribution is -0.0502. The number of aromatic nitrogens is 4. The number of hydrogen-bond donors (Lipinski definition) is 1. The Morgan fingerprint density at radius 2 is 1.30 bits per heavy atom. The quantitative estimate of drug-likeness (QED) is 0.202. The maximum absolute atomic E-state index is 12.6. The number of ether oxygens (including phenoxy) is 2. The van der Waals surface area contributed by atoms with Crippen LogP contribution >= 0.6 is 23.5 Å². The zero-order chi connectivity index (χ0) is 35.5. The van der Waals surface area contributed by atoms with E-state index in [1.54, 1.807) is 31.9 Å². The lowest BCUT2D eigenvalue weighted by atomic mass is 10.1. The highest BCUT2D eigenvalue weighted by Gasteiger charge is 2.49. The minimum atomic E-state index is -5.87. The summed E-state index contributed by atoms with van der Waals surface area (Å²) >= 11 is 2.37. The third-order valence-corrected chi connectivity index (χ3v) is 8.28. The Balaban J connectivity index is 0.000000267. The van der Waals surface area contributed by atoms with Crippen molar-refractivity contribution in [2.24, 2.45) is 0 Å². The van der Waals surface area contributed by atoms with Gasteiger partial charge in [-0.15, -0.1) is 0 Å². The monoisotopic (exact) mass is 726 g/mol. The first-order valence-electron chi connectivity index (χ1n) is 14.1. The SMILES string of the molecule is CSc1nc2c(c(=O)[nH]1)CCN(C(=O)OC(C)(C)C)C2.CSc1nc2c(c(OS(=O)(=O)C(F)(F)F)n1)CCN(C(=O)OC(C)(C)C)C2. The average molecular weight is 727 g/mol. The molecule has 0 saturated heterocycles. The maximum Gasteiger partial charge on any atom is 0.534 e. The molecule has 1 N–H and O–H groups in total. The summed E-state index contributed by atoms with van der Waals surface area (Å²) in [5.74, 6) is -0.675. The van der Waals surface area contributed by atoms with Crippen molar-refractivity contribution >= 4 is 45.8 Å². The molecule has 0 fully saturated rings. The Labute approximate surface area is 278 Å². The second-order valence-electron chi connectivity index (χ2n) is 12.2. The molecule has 14 nitrogen and oxygen atoms in total. The molecule has 0 bridgehead atoms. The number of aromatic amines is 1. The van der Waals surface area contributed by atoms with E-state index in [4.69, 9.17) is 9.47 Å². The lowest BCUT2D eigenvalue weighted by Crippen LogP contribution is -2.42. The van der Waals surface area contributed by atoms with Gasteiger partial charge < -0.3 is 28.4 Å². The molecule has 0 aliphatic carbocycles. The van der Waals surface area contributed by atoms with Crippen molar-refractivity contribution in [2.45, 2.75) is 94.5 Å². The van der Waals surface area contributed by atoms with Crippen molar-refractivity contribution in [1.29, 1.82) is 0 Å². The molecule has 2 aromatic rings. The molecule has 20 heteroatoms. The van der Waals surface area contributed by atoms with E-state index >= 15 is 0 Å². The van der Waals surface area contributed by atoms with Gasteiger partial charge in [-0.1, -0.05) is 23.5 Å². The molecule has 4 heterocycles. The Bertz CT molecular complexity index is 1660. The molecular formula is C27H37F3N6O8S3. The summed E-state index contributed by atoms with van der Waals surface area (Å²) < 4.78 is 75.4. The van der Waals surface area contributed by atoms with E-state index in [0.29, 0.717) is 35.9 Å². The number of nitrogens with zero attached hydrogens (tertiary/aromatic N) is 5. The van der Waals surface area contributed by atoms with Gasteiger partial charge in [0, 0.05) is 24.2 Å². The van der Waals surface area contributed by atoms with Crippen LogP contribution in [0.3, 0.4) is 0 Å². The van der Waals surface area contributed by atoms with E-state index in [-0.39, 0.29) is 47.6 Å². The molecule has 2 aromatic heterocycles. The van der Waals surface area contributed by atoms with Crippen molar-refractivity contribution in [1.82, 2.24) is 29.7 Å². The van der Waals surface area contributed by atoms with Crippen LogP contribution in [0.15, 0.2) is 15.1 Å². The molecule has 4 rings (SSSR count). The van der Waals surface area contributed by atoms with Crippen LogP contribution in [-0.4, -0.2) is 92.7 Å². The summed E-state index contributed by atoms with van der Waals surface area (Å²) in [7, 11) is -5.87. The van der Waals surface area contributed by atoms with Crippen LogP contribution in [-0.2, 0) is 45.5 Å². The van der Waals surface area contributed by atoms with Crippen molar-refractivity contribution < 1.29 is 44.8 Å². The summed E-state index contributed by atoms with van der Waals surface area (Å²) in [6, 6.07) is 0. The maximum atomic E-state index is 12.6. The van der Waals surface area contributed by atoms with Crippen LogP contribution in [0.1, 0.15) is 64.1 Å². The Kier molecular flexibility index (Phi) is 11.8. The minimum Gasteiger partial charge on any atom is -0.444 e. The molecule has 0 unspecified atom stereocenters. The molecule has 0 atom stereocenters. The largest absolute Gasteiger partial charge is 0.534 e. The average Bonchev–Trinajstić information content (AvgIpc) is 2.94. The number of amides is 2. The number of carbonyl (C=O) groups is 2. The first-order chi connectivity index (χ1) is 21.5. The number of alkyl halides is 3. The van der Waals surface area contributed by atoms with Gasteiger partial charge >= 0.3 is 27.8 Å². The van der Waals surface area contributed by atoms with Gasteiger partial charge in [0.05, 0.1) is 24.5 Å². The van der Waals surface area contributed by atoms with Crippen molar-refractivity contribution in [2.75, 3.05) is 25.6 Å². The topological polar surface area (TPSA) is 174 Å². The van der Waals surface area contributed by atoms with Crippen molar-refractivity contribution in [3.8, 4) is 5.88 Å². The molecular weight excluding hydrogens is 690 g/mol. The number of H-pyrrole nitrogens is 1. The molecule has 0 aromatic carbocycles. The number of hydrogen-bond acceptors (Lipinski definition) is 13. The molecule has 2 aliphatic heterocycles. The molecule has 0 radical (unpaired) electrons. The van der Waals surface area contributed by atoms with Crippen LogP contribution in [0, 0.1) is 0 Å². The lowest BCUT2D eigenvalue weighted by Gasteiger charge is -2.31. The van der Waals surface area contributed by atoms with Crippen molar-refractivity contribution in [3.05, 3.63) is 32.9 Å². The summed E-state index contributed by atoms with van der Waals surface area (Å²) in [4.78, 5) is 54.1. The second-order valence-corrected chi connectivity index (χ2v) is 15.3. The summed E-state index contributed by atoms with van der Waals surface area (Å²) in [6.45, 7) is 11.4. The number of halogens is 3. The van der Waals surface area contributed by atoms with E-state index in [9.17, 15) is 36.0 Å². The van der Waals surface area contributed by atoms with Gasteiger partial charge in [-0.3, -0.25) is 4.79 Å². The minimum absolute atomic E-state index is 0.0198. The summed E-state index contributed by atoms with van der Waals surface area (Å²) in [6.07, 6.45) is 2.97. The zero-order valence-corrected chi connectivity index (χ0v) is 29.6. The van der Waals surface area contributed by atoms with Gasteiger partial charge in [-0.25, -0.2) is 19.6 Å². The van der Waals surface area contributed by atoms with Crippen LogP contribution in [0.25, 0.3) is 0 Å². The highest BCUT2D eigenvalue weighted by Crippen LogP contribution is 2.32. The first-order valence-corrected chi connectivity index (χ1v) is 18.0. The molecule has 47 heavy (non-hydrogen) atoms. The van der Waals surface area contributed by atoms with E-state index in [1.807, 2.05) is 27.0 Å². The number of fused-ring (bicyclic) bond motifs is 2. The van der Waals surface area contributed by atoms with Gasteiger partial charge in [-0.2, -0.15) is 26.6 Å². The van der Waals surface area contributed by atoms with Gasteiger partial charge in [0.1, 0.15) is 11.2 Å². The van der Waals surface area contributed by atoms with E-state index in [0.717, 1.165) is 11.8 Å². The molecule has 262 valence electrons. The normalized spacial score (nSPS) is 15.1. The van der Waals surface area contributed by atoms with E-state index in [1.165, 1.54) is 16.7 Å². The van der Waals surface area contributed by atoms with Crippen LogP contribution in [0.2, 0.25) is 0 Å². The zero-order valence-electron chi connectivity index (χ0n) is 27.1. The number of rotatable bonds is 4. The molecule has 0 saturated carbocycles. The Morgan fingerprint density at radius 1 is 0.809 bits per heavy atom. The predicted molar refractivity (Wildman–Crippen MR) is 167 cm³/mol. The summed E-state index contributed by atoms with van der Waals surface area (Å²) in [5.41, 5.74) is -5.28. The standard InChI is InChI=1S/C14H18F3N3O5S2.C13H19N3O3S/c1-13(2,3)24-12(21)20-6-5-8-9(7-20)18-11(26-4)19-10(8)25-27(22,23)14(15,16)17;1-13(2,3)19-12(18)16-6-5-8-9(7-16)14-11(20-4)15-10(8)17/h5-7H2,1-4H3;5-7H2,1-4H3,(H,14,15,17). The van der Waals surface area contributed by atoms with Crippen LogP contribution in [0.4, 0.5) is 22.8 Å². The fraction of sp³-hybridized carbons (Fsp3) is 0.630. The molecule has 2 aliphatic rings. The first kappa shape index (κ1) is 38.2. The van der Waals surface area contributed by atoms with Crippen LogP contribution < -0.4 is 9.74 Å². The molecule has 0 spiro atoms. The number of nitrogens with one attached hydrogen (secondary N) is 1. The van der Waals surface area contributed by atoms with Gasteiger partial charge in [0.15, 0.2) is 10.3 Å². The fourth-order valence-corrected chi connectivity index (χ4v) is 5.38. The van der Waals surface area contributed by atoms with Crippen molar-refractivity contribution in [3.63, 3.8) is 0 Å². The van der Waals surface area contributed by atoms with E-state index in [2.05, 4.69) is 24.1 Å². The van der Waals surface area contributed by atoms with E-state index < -0.39 is 38.8 Å². The third-order valence-electron chi connectivity index (χ3n) is 6.21. The highest BCUT2D eigenvalue weighted by atomic mass is 32.2. The Morgan fingerprint density at radius 3 is 1.74 bits per heavy atom. The molecule has 2 amide bonds. The van der Waals surface area contributed by atoms with Gasteiger partial charge in [0.2, 0.25) is 5.88 Å². The predicted octanol–water partition coefficient (Wildman–Crippen LogP) is 4.51. The second kappa shape index (κ2) is 14.5. The van der Waals surface area contributed by atoms with Crippen LogP contribution in [0.5, 0.6) is 5.88 Å². The van der Waals surface area contributed by atoms with Gasteiger partial charge in [-0.05, 0) is 66.9 Å². The Hall–Kier alpha value is -3.26. The number of carbonyl (C=O) groups excluding carboxylic acids is 2. The highest BCUT2D eigenvalue weighted by molar-refractivity contribution is 7.98.